The van der Waals surface area contributed by atoms with Crippen molar-refractivity contribution in [2.45, 2.75) is 0 Å². The Bertz CT molecular complexity index is 703. The molecule has 0 saturated carbocycles. The third-order valence-electron chi connectivity index (χ3n) is 2.82. The summed E-state index contributed by atoms with van der Waals surface area (Å²) in [5.41, 5.74) is 1.11. The Morgan fingerprint density at radius 1 is 0.824 bits per heavy atom. The molecule has 0 bridgehead atoms. The van der Waals surface area contributed by atoms with E-state index >= 15 is 0 Å². The van der Waals surface area contributed by atoms with E-state index in [-0.39, 0.29) is 0 Å². The molecule has 0 aliphatic rings. The van der Waals surface area contributed by atoms with Gasteiger partial charge in [-0.05, 0) is 12.1 Å². The van der Waals surface area contributed by atoms with Gasteiger partial charge in [-0.15, -0.1) is 0 Å². The summed E-state index contributed by atoms with van der Waals surface area (Å²) in [6.07, 6.45) is 0. The normalized spacial score (nSPS) is 12.4. The first kappa shape index (κ1) is 10.5. The van der Waals surface area contributed by atoms with Gasteiger partial charge in [0, 0.05) is 10.8 Å². The van der Waals surface area contributed by atoms with Crippen LogP contribution in [-0.4, -0.2) is 14.1 Å². The third-order valence-corrected chi connectivity index (χ3v) is 3.77. The number of hydrogen-bond donors (Lipinski definition) is 2. The maximum atomic E-state index is 11.6. The number of aromatic nitrogens is 1. The van der Waals surface area contributed by atoms with Gasteiger partial charge in [-0.25, -0.2) is 8.90 Å². The lowest BCUT2D eigenvalue weighted by Crippen LogP contribution is -1.94. The maximum Gasteiger partial charge on any atom is 0.434 e. The van der Waals surface area contributed by atoms with Gasteiger partial charge < -0.3 is 9.79 Å². The minimum atomic E-state index is -4.34. The Labute approximate surface area is 97.3 Å². The predicted molar refractivity (Wildman–Crippen MR) is 66.9 cm³/mol. The highest BCUT2D eigenvalue weighted by Gasteiger charge is 2.22. The fourth-order valence-electron chi connectivity index (χ4n) is 2.18. The van der Waals surface area contributed by atoms with Gasteiger partial charge in [0.1, 0.15) is 0 Å². The highest BCUT2D eigenvalue weighted by Crippen LogP contribution is 2.45. The van der Waals surface area contributed by atoms with E-state index in [1.165, 1.54) is 0 Å². The van der Waals surface area contributed by atoms with Crippen LogP contribution in [0.2, 0.25) is 0 Å². The first-order valence-corrected chi connectivity index (χ1v) is 6.70. The van der Waals surface area contributed by atoms with Gasteiger partial charge in [-0.1, -0.05) is 36.4 Å². The van der Waals surface area contributed by atoms with E-state index in [9.17, 15) is 14.4 Å². The molecule has 4 nitrogen and oxygen atoms in total. The summed E-state index contributed by atoms with van der Waals surface area (Å²) >= 11 is 0. The Hall–Kier alpha value is -1.61. The van der Waals surface area contributed by atoms with Crippen molar-refractivity contribution in [3.63, 3.8) is 0 Å². The fraction of sp³-hybridized carbons (Fsp3) is 0. The lowest BCUT2D eigenvalue weighted by molar-refractivity contribution is 0.365. The minimum Gasteiger partial charge on any atom is -0.308 e. The molecule has 86 valence electrons. The zero-order valence-electron chi connectivity index (χ0n) is 8.82. The van der Waals surface area contributed by atoms with E-state index in [2.05, 4.69) is 0 Å². The van der Waals surface area contributed by atoms with Crippen LogP contribution in [0.4, 0.5) is 0 Å². The second-order valence-corrected chi connectivity index (χ2v) is 5.29. The standard InChI is InChI=1S/C12H10NO3P/c14-17(15,16)13-11-7-3-1-5-9(11)10-6-2-4-8-12(10)13/h1-8H,(H2,14,15,16). The second kappa shape index (κ2) is 3.44. The van der Waals surface area contributed by atoms with Crippen molar-refractivity contribution in [1.82, 2.24) is 4.34 Å². The molecule has 0 aliphatic carbocycles. The summed E-state index contributed by atoms with van der Waals surface area (Å²) in [6, 6.07) is 14.4. The molecule has 1 heterocycles. The molecule has 1 aromatic heterocycles. The molecule has 2 aromatic carbocycles. The molecule has 17 heavy (non-hydrogen) atoms. The summed E-state index contributed by atoms with van der Waals surface area (Å²) in [5, 5.41) is 1.71. The molecule has 2 N–H and O–H groups in total. The molecule has 0 unspecified atom stereocenters. The number of hydrogen-bond acceptors (Lipinski definition) is 1. The number of para-hydroxylation sites is 2. The minimum absolute atomic E-state index is 0.557. The SMILES string of the molecule is O=P(O)(O)n1c2ccccc2c2ccccc21. The summed E-state index contributed by atoms with van der Waals surface area (Å²) in [5.74, 6) is 0. The molecule has 0 fully saturated rings. The molecule has 0 aliphatic heterocycles. The Morgan fingerprint density at radius 3 is 1.65 bits per heavy atom. The van der Waals surface area contributed by atoms with E-state index in [1.807, 2.05) is 24.3 Å². The van der Waals surface area contributed by atoms with Crippen molar-refractivity contribution in [2.75, 3.05) is 0 Å². The van der Waals surface area contributed by atoms with Crippen molar-refractivity contribution in [3.8, 4) is 0 Å². The molecule has 5 heteroatoms. The Balaban J connectivity index is 2.65. The van der Waals surface area contributed by atoms with Gasteiger partial charge in [0.2, 0.25) is 0 Å². The van der Waals surface area contributed by atoms with E-state index in [0.717, 1.165) is 15.1 Å². The van der Waals surface area contributed by atoms with Crippen LogP contribution < -0.4 is 0 Å². The lowest BCUT2D eigenvalue weighted by atomic mass is 10.2. The van der Waals surface area contributed by atoms with Gasteiger partial charge in [0.15, 0.2) is 0 Å². The van der Waals surface area contributed by atoms with Crippen LogP contribution in [0.3, 0.4) is 0 Å². The molecule has 0 saturated heterocycles. The summed E-state index contributed by atoms with van der Waals surface area (Å²) in [4.78, 5) is 18.9. The quantitative estimate of drug-likeness (QED) is 0.650. The molecule has 0 spiro atoms. The van der Waals surface area contributed by atoms with Crippen LogP contribution in [0.25, 0.3) is 21.8 Å². The average molecular weight is 247 g/mol. The van der Waals surface area contributed by atoms with Crippen LogP contribution in [-0.2, 0) is 4.57 Å². The molecular formula is C12H10NO3P. The van der Waals surface area contributed by atoms with Gasteiger partial charge in [-0.3, -0.25) is 0 Å². The van der Waals surface area contributed by atoms with Crippen molar-refractivity contribution in [3.05, 3.63) is 48.5 Å². The topological polar surface area (TPSA) is 62.5 Å². The summed E-state index contributed by atoms with van der Waals surface area (Å²) < 4.78 is 12.7. The fourth-order valence-corrected chi connectivity index (χ4v) is 3.09. The largest absolute Gasteiger partial charge is 0.434 e. The van der Waals surface area contributed by atoms with E-state index in [4.69, 9.17) is 0 Å². The van der Waals surface area contributed by atoms with Gasteiger partial charge in [0.05, 0.1) is 11.0 Å². The van der Waals surface area contributed by atoms with Crippen molar-refractivity contribution >= 4 is 29.6 Å². The number of benzene rings is 2. The second-order valence-electron chi connectivity index (χ2n) is 3.86. The van der Waals surface area contributed by atoms with Crippen molar-refractivity contribution < 1.29 is 14.4 Å². The van der Waals surface area contributed by atoms with Gasteiger partial charge >= 0.3 is 7.75 Å². The van der Waals surface area contributed by atoms with E-state index in [1.54, 1.807) is 24.3 Å². The third kappa shape index (κ3) is 1.50. The number of fused-ring (bicyclic) bond motifs is 3. The van der Waals surface area contributed by atoms with Crippen LogP contribution in [0.1, 0.15) is 0 Å². The molecule has 0 radical (unpaired) electrons. The van der Waals surface area contributed by atoms with Crippen LogP contribution in [0.5, 0.6) is 0 Å². The van der Waals surface area contributed by atoms with Crippen LogP contribution >= 0.6 is 7.75 Å². The first-order valence-electron chi connectivity index (χ1n) is 5.13. The highest BCUT2D eigenvalue weighted by molar-refractivity contribution is 7.50. The smallest absolute Gasteiger partial charge is 0.308 e. The lowest BCUT2D eigenvalue weighted by Gasteiger charge is -2.08. The number of rotatable bonds is 1. The van der Waals surface area contributed by atoms with Gasteiger partial charge in [0.25, 0.3) is 0 Å². The molecule has 3 rings (SSSR count). The Kier molecular flexibility index (Phi) is 2.13. The zero-order valence-corrected chi connectivity index (χ0v) is 9.71. The van der Waals surface area contributed by atoms with Crippen molar-refractivity contribution in [1.29, 1.82) is 0 Å². The highest BCUT2D eigenvalue weighted by atomic mass is 31.2. The molecule has 0 atom stereocenters. The maximum absolute atomic E-state index is 11.6. The molecular weight excluding hydrogens is 237 g/mol. The van der Waals surface area contributed by atoms with Crippen LogP contribution in [0, 0.1) is 0 Å². The Morgan fingerprint density at radius 2 is 1.24 bits per heavy atom. The van der Waals surface area contributed by atoms with Gasteiger partial charge in [-0.2, -0.15) is 0 Å². The molecule has 0 amide bonds. The van der Waals surface area contributed by atoms with Crippen LogP contribution in [0.15, 0.2) is 48.5 Å². The van der Waals surface area contributed by atoms with E-state index < -0.39 is 7.75 Å². The van der Waals surface area contributed by atoms with Crippen molar-refractivity contribution in [2.24, 2.45) is 0 Å². The summed E-state index contributed by atoms with van der Waals surface area (Å²) in [6.45, 7) is 0. The predicted octanol–water partition coefficient (Wildman–Crippen LogP) is 2.74. The van der Waals surface area contributed by atoms with E-state index in [0.29, 0.717) is 11.0 Å². The average Bonchev–Trinajstić information content (AvgIpc) is 2.63. The molecule has 3 aromatic rings. The monoisotopic (exact) mass is 247 g/mol. The zero-order chi connectivity index (χ0) is 12.0. The number of nitrogens with zero attached hydrogens (tertiary/aromatic N) is 1. The first-order chi connectivity index (χ1) is 8.09. The summed E-state index contributed by atoms with van der Waals surface area (Å²) in [7, 11) is -4.34.